The molecule has 1 heterocycles. The molecule has 1 aliphatic rings. The lowest BCUT2D eigenvalue weighted by Crippen LogP contribution is -2.51. The zero-order valence-electron chi connectivity index (χ0n) is 17.2. The van der Waals surface area contributed by atoms with Gasteiger partial charge in [0, 0.05) is 31.9 Å². The first-order valence-electron chi connectivity index (χ1n) is 10.0. The van der Waals surface area contributed by atoms with Crippen LogP contribution in [0, 0.1) is 0 Å². The second kappa shape index (κ2) is 9.45. The highest BCUT2D eigenvalue weighted by Gasteiger charge is 2.27. The van der Waals surface area contributed by atoms with E-state index in [1.54, 1.807) is 36.1 Å². The van der Waals surface area contributed by atoms with Crippen molar-refractivity contribution in [2.24, 2.45) is 0 Å². The summed E-state index contributed by atoms with van der Waals surface area (Å²) < 4.78 is 11.0. The Morgan fingerprint density at radius 2 is 1.48 bits per heavy atom. The second-order valence-corrected chi connectivity index (χ2v) is 7.39. The van der Waals surface area contributed by atoms with Gasteiger partial charge in [-0.15, -0.1) is 0 Å². The Labute approximate surface area is 172 Å². The van der Waals surface area contributed by atoms with Gasteiger partial charge < -0.3 is 19.3 Å². The van der Waals surface area contributed by atoms with Gasteiger partial charge in [0.2, 0.25) is 0 Å². The summed E-state index contributed by atoms with van der Waals surface area (Å²) in [4.78, 5) is 29.1. The molecule has 1 fully saturated rings. The van der Waals surface area contributed by atoms with E-state index in [9.17, 15) is 9.59 Å². The topological polar surface area (TPSA) is 59.1 Å². The summed E-state index contributed by atoms with van der Waals surface area (Å²) in [5, 5.41) is 0. The second-order valence-electron chi connectivity index (χ2n) is 7.39. The number of piperazine rings is 1. The SMILES string of the molecule is CC(C)Oc1ccc(C(=O)O[C@@H](C)C(=O)N2CCN(c3ccccc3)CC2)cc1. The molecule has 0 aromatic heterocycles. The summed E-state index contributed by atoms with van der Waals surface area (Å²) >= 11 is 0. The number of carbonyl (C=O) groups excluding carboxylic acids is 2. The van der Waals surface area contributed by atoms with Crippen molar-refractivity contribution in [1.82, 2.24) is 4.90 Å². The highest BCUT2D eigenvalue weighted by molar-refractivity contribution is 5.92. The highest BCUT2D eigenvalue weighted by atomic mass is 16.5. The number of rotatable bonds is 6. The molecule has 3 rings (SSSR count). The number of benzene rings is 2. The maximum atomic E-state index is 12.7. The molecule has 6 heteroatoms. The lowest BCUT2D eigenvalue weighted by Gasteiger charge is -2.37. The van der Waals surface area contributed by atoms with E-state index in [0.29, 0.717) is 24.4 Å². The third-order valence-electron chi connectivity index (χ3n) is 4.81. The van der Waals surface area contributed by atoms with Gasteiger partial charge in [-0.05, 0) is 57.2 Å². The number of para-hydroxylation sites is 1. The van der Waals surface area contributed by atoms with Gasteiger partial charge in [0.15, 0.2) is 6.10 Å². The normalized spacial score (nSPS) is 15.2. The number of amides is 1. The molecule has 154 valence electrons. The fraction of sp³-hybridized carbons (Fsp3) is 0.391. The predicted molar refractivity (Wildman–Crippen MR) is 112 cm³/mol. The third-order valence-corrected chi connectivity index (χ3v) is 4.81. The zero-order valence-corrected chi connectivity index (χ0v) is 17.2. The third kappa shape index (κ3) is 5.50. The van der Waals surface area contributed by atoms with Crippen LogP contribution in [0.3, 0.4) is 0 Å². The summed E-state index contributed by atoms with van der Waals surface area (Å²) in [6.07, 6.45) is -0.759. The van der Waals surface area contributed by atoms with Crippen LogP contribution in [-0.4, -0.2) is 55.2 Å². The fourth-order valence-corrected chi connectivity index (χ4v) is 3.30. The van der Waals surface area contributed by atoms with Crippen LogP contribution < -0.4 is 9.64 Å². The summed E-state index contributed by atoms with van der Waals surface area (Å²) in [5.74, 6) is 0.0210. The van der Waals surface area contributed by atoms with E-state index < -0.39 is 12.1 Å². The Kier molecular flexibility index (Phi) is 6.75. The molecule has 0 N–H and O–H groups in total. The first-order valence-corrected chi connectivity index (χ1v) is 10.0. The van der Waals surface area contributed by atoms with E-state index in [0.717, 1.165) is 18.8 Å². The summed E-state index contributed by atoms with van der Waals surface area (Å²) in [7, 11) is 0. The quantitative estimate of drug-likeness (QED) is 0.701. The average Bonchev–Trinajstić information content (AvgIpc) is 2.74. The number of esters is 1. The van der Waals surface area contributed by atoms with Crippen LogP contribution in [-0.2, 0) is 9.53 Å². The molecule has 1 aliphatic heterocycles. The van der Waals surface area contributed by atoms with Crippen LogP contribution in [0.15, 0.2) is 54.6 Å². The summed E-state index contributed by atoms with van der Waals surface area (Å²) in [6, 6.07) is 16.9. The van der Waals surface area contributed by atoms with Crippen LogP contribution >= 0.6 is 0 Å². The van der Waals surface area contributed by atoms with Crippen LogP contribution in [0.1, 0.15) is 31.1 Å². The van der Waals surface area contributed by atoms with Crippen molar-refractivity contribution in [2.45, 2.75) is 33.0 Å². The Hall–Kier alpha value is -3.02. The Balaban J connectivity index is 1.51. The maximum absolute atomic E-state index is 12.7. The zero-order chi connectivity index (χ0) is 20.8. The Morgan fingerprint density at radius 3 is 2.07 bits per heavy atom. The fourth-order valence-electron chi connectivity index (χ4n) is 3.30. The molecule has 0 bridgehead atoms. The molecular formula is C23H28N2O4. The van der Waals surface area contributed by atoms with E-state index in [-0.39, 0.29) is 12.0 Å². The molecular weight excluding hydrogens is 368 g/mol. The van der Waals surface area contributed by atoms with Crippen LogP contribution in [0.5, 0.6) is 5.75 Å². The molecule has 2 aromatic rings. The van der Waals surface area contributed by atoms with E-state index in [4.69, 9.17) is 9.47 Å². The van der Waals surface area contributed by atoms with Crippen molar-refractivity contribution in [3.05, 3.63) is 60.2 Å². The molecule has 0 aliphatic carbocycles. The van der Waals surface area contributed by atoms with Crippen molar-refractivity contribution in [3.63, 3.8) is 0 Å². The molecule has 1 amide bonds. The number of hydrogen-bond donors (Lipinski definition) is 0. The lowest BCUT2D eigenvalue weighted by molar-refractivity contribution is -0.140. The van der Waals surface area contributed by atoms with Crippen molar-refractivity contribution < 1.29 is 19.1 Å². The minimum absolute atomic E-state index is 0.0628. The molecule has 1 saturated heterocycles. The molecule has 0 saturated carbocycles. The van der Waals surface area contributed by atoms with E-state index in [2.05, 4.69) is 17.0 Å². The van der Waals surface area contributed by atoms with E-state index in [1.807, 2.05) is 32.0 Å². The summed E-state index contributed by atoms with van der Waals surface area (Å²) in [5.41, 5.74) is 1.55. The molecule has 0 unspecified atom stereocenters. The van der Waals surface area contributed by atoms with Gasteiger partial charge >= 0.3 is 5.97 Å². The monoisotopic (exact) mass is 396 g/mol. The predicted octanol–water partition coefficient (Wildman–Crippen LogP) is 3.37. The smallest absolute Gasteiger partial charge is 0.338 e. The molecule has 6 nitrogen and oxygen atoms in total. The minimum atomic E-state index is -0.822. The van der Waals surface area contributed by atoms with Crippen molar-refractivity contribution in [2.75, 3.05) is 31.1 Å². The highest BCUT2D eigenvalue weighted by Crippen LogP contribution is 2.17. The Bertz CT molecular complexity index is 813. The maximum Gasteiger partial charge on any atom is 0.338 e. The van der Waals surface area contributed by atoms with Gasteiger partial charge in [-0.1, -0.05) is 18.2 Å². The lowest BCUT2D eigenvalue weighted by atomic mass is 10.2. The molecule has 0 spiro atoms. The van der Waals surface area contributed by atoms with Gasteiger partial charge in [0.25, 0.3) is 5.91 Å². The number of hydrogen-bond acceptors (Lipinski definition) is 5. The first kappa shape index (κ1) is 20.7. The van der Waals surface area contributed by atoms with Gasteiger partial charge in [0.05, 0.1) is 11.7 Å². The van der Waals surface area contributed by atoms with Crippen molar-refractivity contribution in [3.8, 4) is 5.75 Å². The van der Waals surface area contributed by atoms with Crippen LogP contribution in [0.2, 0.25) is 0 Å². The van der Waals surface area contributed by atoms with Gasteiger partial charge in [-0.25, -0.2) is 4.79 Å². The number of anilines is 1. The number of carbonyl (C=O) groups is 2. The number of nitrogens with zero attached hydrogens (tertiary/aromatic N) is 2. The van der Waals surface area contributed by atoms with Crippen LogP contribution in [0.25, 0.3) is 0 Å². The Morgan fingerprint density at radius 1 is 0.862 bits per heavy atom. The summed E-state index contributed by atoms with van der Waals surface area (Å²) in [6.45, 7) is 8.24. The number of ether oxygens (including phenoxy) is 2. The van der Waals surface area contributed by atoms with Crippen molar-refractivity contribution in [1.29, 1.82) is 0 Å². The molecule has 0 radical (unpaired) electrons. The average molecular weight is 396 g/mol. The minimum Gasteiger partial charge on any atom is -0.491 e. The van der Waals surface area contributed by atoms with Gasteiger partial charge in [-0.2, -0.15) is 0 Å². The van der Waals surface area contributed by atoms with Gasteiger partial charge in [-0.3, -0.25) is 4.79 Å². The molecule has 1 atom stereocenters. The van der Waals surface area contributed by atoms with E-state index >= 15 is 0 Å². The van der Waals surface area contributed by atoms with Crippen LogP contribution in [0.4, 0.5) is 5.69 Å². The van der Waals surface area contributed by atoms with Gasteiger partial charge in [0.1, 0.15) is 5.75 Å². The standard InChI is InChI=1S/C23H28N2O4/c1-17(2)28-21-11-9-19(10-12-21)23(27)29-18(3)22(26)25-15-13-24(14-16-25)20-7-5-4-6-8-20/h4-12,17-18H,13-16H2,1-3H3/t18-/m0/s1. The molecule has 2 aromatic carbocycles. The largest absolute Gasteiger partial charge is 0.491 e. The first-order chi connectivity index (χ1) is 13.9. The van der Waals surface area contributed by atoms with Crippen molar-refractivity contribution >= 4 is 17.6 Å². The molecule has 29 heavy (non-hydrogen) atoms. The van der Waals surface area contributed by atoms with E-state index in [1.165, 1.54) is 0 Å².